The number of imide groups is 1. The summed E-state index contributed by atoms with van der Waals surface area (Å²) in [7, 11) is -4.66. The van der Waals surface area contributed by atoms with Gasteiger partial charge < -0.3 is 54.5 Å². The van der Waals surface area contributed by atoms with E-state index in [9.17, 15) is 62.5 Å². The second-order valence-corrected chi connectivity index (χ2v) is 12.6. The lowest BCUT2D eigenvalue weighted by Crippen LogP contribution is -2.61. The fraction of sp³-hybridized carbons (Fsp3) is 0.552. The standard InChI is InChI=1S/C29H39N3O18S/c1-15(33)48-13-16-2-3-17(49-29-25(39)23(37)24(38)26(50-29)28(41)42)12-19(16)47-11-10-46-9-7-30-27(40)18(14-51(43,44)45)31-20(34)6-8-32-21(35)4-5-22(32)36/h2-5,12,18,23-27,29-30,37-40H,6-11,13-14H2,1H3,(H,31,34)(H,41,42)(H,43,44,45)/t18-,23-,24-,25+,26-,27?,29+/m0/s1. The quantitative estimate of drug-likeness (QED) is 0.0207. The van der Waals surface area contributed by atoms with Crippen LogP contribution in [-0.2, 0) is 54.9 Å². The van der Waals surface area contributed by atoms with Gasteiger partial charge in [0, 0.05) is 50.2 Å². The number of esters is 1. The van der Waals surface area contributed by atoms with Crippen LogP contribution >= 0.6 is 0 Å². The topological polar surface area (TPSA) is 314 Å². The Hall–Kier alpha value is -4.26. The molecule has 1 unspecified atom stereocenters. The van der Waals surface area contributed by atoms with Crippen LogP contribution in [0.2, 0.25) is 0 Å². The first kappa shape index (κ1) is 41.2. The number of carbonyl (C=O) groups is 5. The molecule has 0 radical (unpaired) electrons. The summed E-state index contributed by atoms with van der Waals surface area (Å²) >= 11 is 0. The van der Waals surface area contributed by atoms with Crippen molar-refractivity contribution in [3.05, 3.63) is 35.9 Å². The van der Waals surface area contributed by atoms with Crippen molar-refractivity contribution in [2.24, 2.45) is 0 Å². The minimum absolute atomic E-state index is 0.0194. The molecule has 51 heavy (non-hydrogen) atoms. The molecule has 0 bridgehead atoms. The first-order valence-electron chi connectivity index (χ1n) is 15.2. The monoisotopic (exact) mass is 749 g/mol. The van der Waals surface area contributed by atoms with Crippen LogP contribution in [0, 0.1) is 0 Å². The lowest BCUT2D eigenvalue weighted by molar-refractivity contribution is -0.271. The lowest BCUT2D eigenvalue weighted by Gasteiger charge is -2.38. The van der Waals surface area contributed by atoms with E-state index in [1.165, 1.54) is 25.1 Å². The van der Waals surface area contributed by atoms with E-state index < -0.39 is 94.9 Å². The molecular weight excluding hydrogens is 710 g/mol. The third-order valence-corrected chi connectivity index (χ3v) is 7.98. The van der Waals surface area contributed by atoms with Gasteiger partial charge in [-0.05, 0) is 12.1 Å². The number of nitrogens with one attached hydrogen (secondary N) is 2. The SMILES string of the molecule is CC(=O)OCc1ccc(O[C@@H]2O[C@H](C(=O)O)[C@@H](O)[C@H](O)[C@H]2O)cc1OCCOCCNC(O)[C@H](CS(=O)(=O)O)NC(=O)CCN1C(=O)C=CC1=O. The van der Waals surface area contributed by atoms with Crippen molar-refractivity contribution in [1.29, 1.82) is 0 Å². The highest BCUT2D eigenvalue weighted by molar-refractivity contribution is 7.85. The Morgan fingerprint density at radius 3 is 2.33 bits per heavy atom. The molecule has 22 heteroatoms. The van der Waals surface area contributed by atoms with Crippen LogP contribution < -0.4 is 20.1 Å². The Balaban J connectivity index is 1.50. The van der Waals surface area contributed by atoms with Crippen molar-refractivity contribution < 1.29 is 86.2 Å². The second kappa shape index (κ2) is 18.8. The number of aliphatic hydroxyl groups excluding tert-OH is 4. The van der Waals surface area contributed by atoms with Crippen LogP contribution in [0.25, 0.3) is 0 Å². The molecule has 2 heterocycles. The fourth-order valence-corrected chi connectivity index (χ4v) is 5.36. The average molecular weight is 750 g/mol. The van der Waals surface area contributed by atoms with Crippen LogP contribution in [-0.4, -0.2) is 155 Å². The number of rotatable bonds is 20. The highest BCUT2D eigenvalue weighted by Gasteiger charge is 2.48. The van der Waals surface area contributed by atoms with Gasteiger partial charge in [0.2, 0.25) is 12.2 Å². The molecule has 2 aliphatic rings. The molecule has 2 aliphatic heterocycles. The molecule has 0 aromatic heterocycles. The summed E-state index contributed by atoms with van der Waals surface area (Å²) in [5, 5.41) is 54.6. The number of aliphatic hydroxyl groups is 4. The number of benzene rings is 1. The number of aliphatic carboxylic acids is 1. The summed E-state index contributed by atoms with van der Waals surface area (Å²) in [6, 6.07) is 2.60. The van der Waals surface area contributed by atoms with E-state index in [-0.39, 0.29) is 51.0 Å². The summed E-state index contributed by atoms with van der Waals surface area (Å²) in [6.07, 6.45) is -9.25. The largest absolute Gasteiger partial charge is 0.491 e. The second-order valence-electron chi connectivity index (χ2n) is 11.1. The van der Waals surface area contributed by atoms with Gasteiger partial charge in [0.05, 0.1) is 25.0 Å². The number of carboxylic acids is 1. The number of nitrogens with zero attached hydrogens (tertiary/aromatic N) is 1. The zero-order chi connectivity index (χ0) is 37.9. The molecule has 0 saturated carbocycles. The Labute approximate surface area is 290 Å². The number of hydrogen-bond donors (Lipinski definition) is 8. The smallest absolute Gasteiger partial charge is 0.335 e. The van der Waals surface area contributed by atoms with Gasteiger partial charge in [-0.15, -0.1) is 0 Å². The minimum Gasteiger partial charge on any atom is -0.491 e. The number of carboxylic acid groups (broad SMARTS) is 1. The Morgan fingerprint density at radius 2 is 1.71 bits per heavy atom. The average Bonchev–Trinajstić information content (AvgIpc) is 3.37. The van der Waals surface area contributed by atoms with Gasteiger partial charge in [-0.2, -0.15) is 8.42 Å². The van der Waals surface area contributed by atoms with Crippen molar-refractivity contribution in [3.63, 3.8) is 0 Å². The van der Waals surface area contributed by atoms with E-state index in [1.807, 2.05) is 0 Å². The van der Waals surface area contributed by atoms with E-state index in [0.717, 1.165) is 17.1 Å². The van der Waals surface area contributed by atoms with Crippen molar-refractivity contribution in [1.82, 2.24) is 15.5 Å². The Kier molecular flexibility index (Phi) is 15.2. The number of ether oxygens (including phenoxy) is 5. The third-order valence-electron chi connectivity index (χ3n) is 7.20. The van der Waals surface area contributed by atoms with Crippen molar-refractivity contribution in [3.8, 4) is 11.5 Å². The first-order valence-corrected chi connectivity index (χ1v) is 16.8. The fourth-order valence-electron chi connectivity index (χ4n) is 4.64. The van der Waals surface area contributed by atoms with Gasteiger partial charge in [-0.25, -0.2) is 4.79 Å². The van der Waals surface area contributed by atoms with Crippen LogP contribution in [0.1, 0.15) is 18.9 Å². The van der Waals surface area contributed by atoms with Crippen LogP contribution in [0.4, 0.5) is 0 Å². The van der Waals surface area contributed by atoms with Crippen molar-refractivity contribution in [2.75, 3.05) is 38.7 Å². The van der Waals surface area contributed by atoms with Gasteiger partial charge in [0.1, 0.15) is 49.3 Å². The minimum atomic E-state index is -4.66. The number of amides is 3. The summed E-state index contributed by atoms with van der Waals surface area (Å²) < 4.78 is 59.0. The lowest BCUT2D eigenvalue weighted by atomic mass is 9.99. The molecule has 284 valence electrons. The van der Waals surface area contributed by atoms with Crippen LogP contribution in [0.3, 0.4) is 0 Å². The molecule has 1 saturated heterocycles. The van der Waals surface area contributed by atoms with Crippen molar-refractivity contribution in [2.45, 2.75) is 62.9 Å². The van der Waals surface area contributed by atoms with Crippen LogP contribution in [0.5, 0.6) is 11.5 Å². The molecule has 8 N–H and O–H groups in total. The molecule has 0 aliphatic carbocycles. The molecule has 3 amide bonds. The summed E-state index contributed by atoms with van der Waals surface area (Å²) in [5.41, 5.74) is 0.369. The predicted molar refractivity (Wildman–Crippen MR) is 166 cm³/mol. The zero-order valence-electron chi connectivity index (χ0n) is 27.0. The van der Waals surface area contributed by atoms with Crippen molar-refractivity contribution >= 4 is 39.8 Å². The number of hydrogen-bond acceptors (Lipinski definition) is 17. The maximum absolute atomic E-state index is 12.3. The number of carbonyl (C=O) groups excluding carboxylic acids is 4. The Bertz CT molecular complexity index is 1540. The van der Waals surface area contributed by atoms with E-state index in [0.29, 0.717) is 5.56 Å². The molecule has 1 aromatic rings. The summed E-state index contributed by atoms with van der Waals surface area (Å²) in [6.45, 7) is 0.371. The molecular formula is C29H39N3O18S. The third kappa shape index (κ3) is 12.8. The maximum atomic E-state index is 12.3. The van der Waals surface area contributed by atoms with Gasteiger partial charge in [0.25, 0.3) is 21.9 Å². The highest BCUT2D eigenvalue weighted by Crippen LogP contribution is 2.29. The van der Waals surface area contributed by atoms with Gasteiger partial charge in [0.15, 0.2) is 6.10 Å². The normalized spacial score (nSPS) is 23.1. The first-order chi connectivity index (χ1) is 24.0. The summed E-state index contributed by atoms with van der Waals surface area (Å²) in [4.78, 5) is 59.2. The summed E-state index contributed by atoms with van der Waals surface area (Å²) in [5.74, 6) is -5.20. The molecule has 1 fully saturated rings. The molecule has 21 nitrogen and oxygen atoms in total. The predicted octanol–water partition coefficient (Wildman–Crippen LogP) is -3.99. The van der Waals surface area contributed by atoms with Gasteiger partial charge in [-0.3, -0.25) is 33.9 Å². The van der Waals surface area contributed by atoms with Crippen LogP contribution in [0.15, 0.2) is 30.4 Å². The molecule has 3 rings (SSSR count). The molecule has 0 spiro atoms. The maximum Gasteiger partial charge on any atom is 0.335 e. The van der Waals surface area contributed by atoms with E-state index in [1.54, 1.807) is 0 Å². The van der Waals surface area contributed by atoms with Gasteiger partial charge >= 0.3 is 11.9 Å². The van der Waals surface area contributed by atoms with Gasteiger partial charge in [-0.1, -0.05) is 0 Å². The van der Waals surface area contributed by atoms with E-state index >= 15 is 0 Å². The van der Waals surface area contributed by atoms with E-state index in [4.69, 9.17) is 23.7 Å². The van der Waals surface area contributed by atoms with E-state index in [2.05, 4.69) is 10.6 Å². The zero-order valence-corrected chi connectivity index (χ0v) is 27.8. The highest BCUT2D eigenvalue weighted by atomic mass is 32.2. The molecule has 7 atom stereocenters. The Morgan fingerprint density at radius 1 is 1.02 bits per heavy atom. The molecule has 1 aromatic carbocycles.